The molecule has 4 nitrogen and oxygen atoms in total. The molecule has 1 heterocycles. The molecule has 2 unspecified atom stereocenters. The van der Waals surface area contributed by atoms with E-state index in [1.165, 1.54) is 0 Å². The lowest BCUT2D eigenvalue weighted by Crippen LogP contribution is -1.97. The molecule has 0 saturated heterocycles. The van der Waals surface area contributed by atoms with E-state index < -0.39 is 11.6 Å². The van der Waals surface area contributed by atoms with Crippen LogP contribution in [0.25, 0.3) is 11.5 Å². The first kappa shape index (κ1) is 13.0. The van der Waals surface area contributed by atoms with Crippen molar-refractivity contribution in [2.75, 3.05) is 5.73 Å². The Morgan fingerprint density at radius 2 is 2.00 bits per heavy atom. The smallest absolute Gasteiger partial charge is 0.260 e. The molecule has 0 aliphatic heterocycles. The van der Waals surface area contributed by atoms with Crippen molar-refractivity contribution in [2.24, 2.45) is 5.92 Å². The van der Waals surface area contributed by atoms with Crippen LogP contribution in [0.4, 0.5) is 14.5 Å². The zero-order valence-electron chi connectivity index (χ0n) is 11.1. The largest absolute Gasteiger partial charge is 0.398 e. The first-order valence-electron chi connectivity index (χ1n) is 6.63. The molecular weight excluding hydrogens is 264 g/mol. The van der Waals surface area contributed by atoms with Crippen LogP contribution in [0.3, 0.4) is 0 Å². The Hall–Kier alpha value is -1.98. The van der Waals surface area contributed by atoms with Crippen molar-refractivity contribution in [1.82, 2.24) is 10.1 Å². The SMILES string of the molecule is CC1CCC(c2noc(-c3cc(F)c(F)cc3N)n2)C1. The maximum Gasteiger partial charge on any atom is 0.260 e. The van der Waals surface area contributed by atoms with E-state index >= 15 is 0 Å². The van der Waals surface area contributed by atoms with Crippen molar-refractivity contribution < 1.29 is 13.3 Å². The van der Waals surface area contributed by atoms with Gasteiger partial charge in [0, 0.05) is 17.7 Å². The first-order chi connectivity index (χ1) is 9.54. The fourth-order valence-corrected chi connectivity index (χ4v) is 2.70. The summed E-state index contributed by atoms with van der Waals surface area (Å²) in [4.78, 5) is 4.28. The Balaban J connectivity index is 1.92. The minimum absolute atomic E-state index is 0.0823. The van der Waals surface area contributed by atoms with Gasteiger partial charge in [-0.25, -0.2) is 8.78 Å². The summed E-state index contributed by atoms with van der Waals surface area (Å²) in [5.41, 5.74) is 5.99. The van der Waals surface area contributed by atoms with Crippen LogP contribution in [-0.4, -0.2) is 10.1 Å². The van der Waals surface area contributed by atoms with E-state index in [1.54, 1.807) is 0 Å². The Kier molecular flexibility index (Phi) is 3.16. The van der Waals surface area contributed by atoms with Crippen LogP contribution >= 0.6 is 0 Å². The molecule has 1 aliphatic carbocycles. The molecule has 106 valence electrons. The molecular formula is C14H15F2N3O. The quantitative estimate of drug-likeness (QED) is 0.854. The molecule has 1 aliphatic rings. The van der Waals surface area contributed by atoms with Gasteiger partial charge >= 0.3 is 0 Å². The summed E-state index contributed by atoms with van der Waals surface area (Å²) in [5, 5.41) is 3.94. The first-order valence-corrected chi connectivity index (χ1v) is 6.63. The Bertz CT molecular complexity index is 641. The summed E-state index contributed by atoms with van der Waals surface area (Å²) >= 11 is 0. The Morgan fingerprint density at radius 1 is 1.25 bits per heavy atom. The summed E-state index contributed by atoms with van der Waals surface area (Å²) in [6.07, 6.45) is 3.18. The normalized spacial score (nSPS) is 22.4. The number of nitrogen functional groups attached to an aromatic ring is 1. The second-order valence-corrected chi connectivity index (χ2v) is 5.43. The topological polar surface area (TPSA) is 64.9 Å². The van der Waals surface area contributed by atoms with Crippen LogP contribution in [0.5, 0.6) is 0 Å². The minimum atomic E-state index is -0.990. The number of benzene rings is 1. The molecule has 3 rings (SSSR count). The molecule has 1 aromatic heterocycles. The number of nitrogens with zero attached hydrogens (tertiary/aromatic N) is 2. The van der Waals surface area contributed by atoms with E-state index in [0.717, 1.165) is 31.4 Å². The number of aromatic nitrogens is 2. The zero-order valence-corrected chi connectivity index (χ0v) is 11.1. The molecule has 0 amide bonds. The van der Waals surface area contributed by atoms with Gasteiger partial charge in [0.15, 0.2) is 17.5 Å². The van der Waals surface area contributed by atoms with Crippen LogP contribution in [0.2, 0.25) is 0 Å². The number of nitrogens with two attached hydrogens (primary N) is 1. The Labute approximate surface area is 115 Å². The van der Waals surface area contributed by atoms with Crippen molar-refractivity contribution in [3.63, 3.8) is 0 Å². The number of halogens is 2. The van der Waals surface area contributed by atoms with Gasteiger partial charge in [-0.05, 0) is 31.2 Å². The summed E-state index contributed by atoms with van der Waals surface area (Å²) in [6.45, 7) is 2.19. The summed E-state index contributed by atoms with van der Waals surface area (Å²) in [7, 11) is 0. The number of anilines is 1. The van der Waals surface area contributed by atoms with Crippen molar-refractivity contribution in [1.29, 1.82) is 0 Å². The monoisotopic (exact) mass is 279 g/mol. The lowest BCUT2D eigenvalue weighted by Gasteiger charge is -2.03. The number of hydrogen-bond donors (Lipinski definition) is 1. The third-order valence-electron chi connectivity index (χ3n) is 3.82. The van der Waals surface area contributed by atoms with Crippen LogP contribution < -0.4 is 5.73 Å². The van der Waals surface area contributed by atoms with Crippen molar-refractivity contribution in [3.05, 3.63) is 29.6 Å². The van der Waals surface area contributed by atoms with E-state index in [4.69, 9.17) is 10.3 Å². The zero-order chi connectivity index (χ0) is 14.3. The number of hydrogen-bond acceptors (Lipinski definition) is 4. The second-order valence-electron chi connectivity index (χ2n) is 5.43. The van der Waals surface area contributed by atoms with E-state index in [9.17, 15) is 8.78 Å². The van der Waals surface area contributed by atoms with Crippen molar-refractivity contribution >= 4 is 5.69 Å². The molecule has 2 aromatic rings. The molecule has 1 aromatic carbocycles. The van der Waals surface area contributed by atoms with Crippen LogP contribution in [0.1, 0.15) is 37.9 Å². The van der Waals surface area contributed by atoms with Crippen LogP contribution in [-0.2, 0) is 0 Å². The fourth-order valence-electron chi connectivity index (χ4n) is 2.70. The van der Waals surface area contributed by atoms with E-state index in [0.29, 0.717) is 11.7 Å². The highest BCUT2D eigenvalue weighted by Crippen LogP contribution is 2.37. The molecule has 1 saturated carbocycles. The molecule has 2 atom stereocenters. The van der Waals surface area contributed by atoms with Gasteiger partial charge in [-0.1, -0.05) is 12.1 Å². The van der Waals surface area contributed by atoms with Crippen LogP contribution in [0, 0.1) is 17.6 Å². The molecule has 6 heteroatoms. The molecule has 2 N–H and O–H groups in total. The number of rotatable bonds is 2. The van der Waals surface area contributed by atoms with Crippen LogP contribution in [0.15, 0.2) is 16.7 Å². The van der Waals surface area contributed by atoms with Gasteiger partial charge in [0.1, 0.15) is 0 Å². The van der Waals surface area contributed by atoms with E-state index in [-0.39, 0.29) is 23.1 Å². The molecule has 0 radical (unpaired) electrons. The Morgan fingerprint density at radius 3 is 2.70 bits per heavy atom. The van der Waals surface area contributed by atoms with Gasteiger partial charge < -0.3 is 10.3 Å². The highest BCUT2D eigenvalue weighted by atomic mass is 19.2. The summed E-state index contributed by atoms with van der Waals surface area (Å²) in [5.74, 6) is -0.298. The van der Waals surface area contributed by atoms with Gasteiger partial charge in [0.05, 0.1) is 5.56 Å². The lowest BCUT2D eigenvalue weighted by molar-refractivity contribution is 0.414. The van der Waals surface area contributed by atoms with Gasteiger partial charge in [-0.3, -0.25) is 0 Å². The predicted octanol–water partition coefficient (Wildman–Crippen LogP) is 3.50. The average Bonchev–Trinajstić information content (AvgIpc) is 3.02. The molecule has 20 heavy (non-hydrogen) atoms. The predicted molar refractivity (Wildman–Crippen MR) is 69.8 cm³/mol. The van der Waals surface area contributed by atoms with Crippen molar-refractivity contribution in [2.45, 2.75) is 32.1 Å². The summed E-state index contributed by atoms with van der Waals surface area (Å²) in [6, 6.07) is 1.91. The second kappa shape index (κ2) is 4.85. The maximum absolute atomic E-state index is 13.3. The van der Waals surface area contributed by atoms with Crippen molar-refractivity contribution in [3.8, 4) is 11.5 Å². The van der Waals surface area contributed by atoms with Gasteiger partial charge in [-0.2, -0.15) is 4.98 Å². The van der Waals surface area contributed by atoms with E-state index in [2.05, 4.69) is 17.1 Å². The molecule has 0 spiro atoms. The standard InChI is InChI=1S/C14H15F2N3O/c1-7-2-3-8(4-7)13-18-14(20-19-13)9-5-10(15)11(16)6-12(9)17/h5-8H,2-4,17H2,1H3. The average molecular weight is 279 g/mol. The van der Waals surface area contributed by atoms with Gasteiger partial charge in [-0.15, -0.1) is 0 Å². The highest BCUT2D eigenvalue weighted by molar-refractivity contribution is 5.70. The highest BCUT2D eigenvalue weighted by Gasteiger charge is 2.27. The molecule has 0 bridgehead atoms. The minimum Gasteiger partial charge on any atom is -0.398 e. The molecule has 1 fully saturated rings. The third kappa shape index (κ3) is 2.26. The van der Waals surface area contributed by atoms with Gasteiger partial charge in [0.25, 0.3) is 5.89 Å². The maximum atomic E-state index is 13.3. The summed E-state index contributed by atoms with van der Waals surface area (Å²) < 4.78 is 31.5. The van der Waals surface area contributed by atoms with Gasteiger partial charge in [0.2, 0.25) is 0 Å². The van der Waals surface area contributed by atoms with E-state index in [1.807, 2.05) is 0 Å². The fraction of sp³-hybridized carbons (Fsp3) is 0.429. The lowest BCUT2D eigenvalue weighted by atomic mass is 10.1. The third-order valence-corrected chi connectivity index (χ3v) is 3.82.